The van der Waals surface area contributed by atoms with Gasteiger partial charge in [-0.15, -0.1) is 0 Å². The molecule has 0 radical (unpaired) electrons. The second-order valence-corrected chi connectivity index (χ2v) is 5.41. The van der Waals surface area contributed by atoms with Gasteiger partial charge in [0.15, 0.2) is 5.82 Å². The molecule has 0 bridgehead atoms. The molecule has 3 N–H and O–H groups in total. The number of halogens is 1. The quantitative estimate of drug-likeness (QED) is 0.760. The highest BCUT2D eigenvalue weighted by molar-refractivity contribution is 5.65. The van der Waals surface area contributed by atoms with Crippen LogP contribution >= 0.6 is 0 Å². The number of hydrogen-bond donors (Lipinski definition) is 2. The Morgan fingerprint density at radius 3 is 2.48 bits per heavy atom. The summed E-state index contributed by atoms with van der Waals surface area (Å²) in [6.45, 7) is 4.09. The number of aromatic nitrogens is 2. The summed E-state index contributed by atoms with van der Waals surface area (Å²) < 4.78 is 13.9. The fourth-order valence-electron chi connectivity index (χ4n) is 2.26. The maximum atomic E-state index is 13.9. The summed E-state index contributed by atoms with van der Waals surface area (Å²) in [4.78, 5) is 8.49. The molecule has 0 unspecified atom stereocenters. The van der Waals surface area contributed by atoms with Crippen molar-refractivity contribution in [2.75, 3.05) is 11.1 Å². The van der Waals surface area contributed by atoms with Crippen molar-refractivity contribution in [3.63, 3.8) is 0 Å². The van der Waals surface area contributed by atoms with E-state index >= 15 is 0 Å². The highest BCUT2D eigenvalue weighted by Gasteiger charge is 2.10. The van der Waals surface area contributed by atoms with Gasteiger partial charge in [-0.05, 0) is 49.2 Å². The van der Waals surface area contributed by atoms with Crippen LogP contribution in [-0.2, 0) is 0 Å². The van der Waals surface area contributed by atoms with Gasteiger partial charge in [-0.3, -0.25) is 0 Å². The lowest BCUT2D eigenvalue weighted by Gasteiger charge is -2.10. The molecule has 0 aliphatic heterocycles. The van der Waals surface area contributed by atoms with E-state index in [9.17, 15) is 4.39 Å². The molecule has 0 atom stereocenters. The molecule has 0 fully saturated rings. The lowest BCUT2D eigenvalue weighted by atomic mass is 10.1. The Morgan fingerprint density at radius 1 is 0.957 bits per heavy atom. The van der Waals surface area contributed by atoms with Crippen molar-refractivity contribution in [1.82, 2.24) is 9.97 Å². The van der Waals surface area contributed by atoms with Gasteiger partial charge in [-0.1, -0.05) is 18.2 Å². The van der Waals surface area contributed by atoms with E-state index in [4.69, 9.17) is 5.73 Å². The molecule has 0 aliphatic rings. The zero-order chi connectivity index (χ0) is 16.4. The van der Waals surface area contributed by atoms with Crippen LogP contribution in [0.2, 0.25) is 0 Å². The van der Waals surface area contributed by atoms with Crippen molar-refractivity contribution in [2.24, 2.45) is 0 Å². The number of nitrogens with one attached hydrogen (secondary N) is 1. The van der Waals surface area contributed by atoms with Crippen molar-refractivity contribution in [2.45, 2.75) is 13.8 Å². The molecule has 1 aromatic heterocycles. The van der Waals surface area contributed by atoms with Gasteiger partial charge in [-0.2, -0.15) is 0 Å². The molecule has 0 aliphatic carbocycles. The van der Waals surface area contributed by atoms with Gasteiger partial charge in [0, 0.05) is 11.8 Å². The molecule has 0 saturated heterocycles. The average Bonchev–Trinajstić information content (AvgIpc) is 2.51. The highest BCUT2D eigenvalue weighted by atomic mass is 19.1. The summed E-state index contributed by atoms with van der Waals surface area (Å²) in [6.07, 6.45) is 0. The Balaban J connectivity index is 1.97. The van der Waals surface area contributed by atoms with E-state index in [0.29, 0.717) is 11.4 Å². The van der Waals surface area contributed by atoms with Gasteiger partial charge in [0.2, 0.25) is 0 Å². The zero-order valence-electron chi connectivity index (χ0n) is 13.0. The molecule has 0 saturated carbocycles. The highest BCUT2D eigenvalue weighted by Crippen LogP contribution is 2.24. The summed E-state index contributed by atoms with van der Waals surface area (Å²) in [5, 5.41) is 3.19. The molecule has 0 amide bonds. The fraction of sp³-hybridized carbons (Fsp3) is 0.111. The third kappa shape index (κ3) is 3.29. The molecule has 1 heterocycles. The van der Waals surface area contributed by atoms with Gasteiger partial charge in [0.1, 0.15) is 17.5 Å². The Kier molecular flexibility index (Phi) is 3.93. The molecule has 4 nitrogen and oxygen atoms in total. The number of nitrogens with two attached hydrogens (primary N) is 1. The van der Waals surface area contributed by atoms with Gasteiger partial charge in [0.25, 0.3) is 0 Å². The van der Waals surface area contributed by atoms with Crippen LogP contribution in [-0.4, -0.2) is 9.97 Å². The fourth-order valence-corrected chi connectivity index (χ4v) is 2.26. The first kappa shape index (κ1) is 15.0. The van der Waals surface area contributed by atoms with Crippen molar-refractivity contribution in [3.05, 3.63) is 65.5 Å². The van der Waals surface area contributed by atoms with Crippen LogP contribution in [0.4, 0.5) is 21.7 Å². The van der Waals surface area contributed by atoms with Crippen LogP contribution < -0.4 is 11.1 Å². The topological polar surface area (TPSA) is 63.8 Å². The molecule has 3 aromatic rings. The van der Waals surface area contributed by atoms with Crippen molar-refractivity contribution in [3.8, 4) is 11.4 Å². The Morgan fingerprint density at radius 2 is 1.74 bits per heavy atom. The first-order valence-corrected chi connectivity index (χ1v) is 7.26. The maximum absolute atomic E-state index is 13.9. The zero-order valence-corrected chi connectivity index (χ0v) is 13.0. The first-order chi connectivity index (χ1) is 11.0. The van der Waals surface area contributed by atoms with E-state index in [1.54, 1.807) is 24.3 Å². The standard InChI is InChI=1S/C18H17FN4/c1-11-7-8-13(9-12(11)2)21-17-10-16(20)22-18(23-17)14-5-3-4-6-15(14)19/h3-10H,1-2H3,(H3,20,21,22,23). The number of aryl methyl sites for hydroxylation is 2. The number of hydrogen-bond acceptors (Lipinski definition) is 4. The Labute approximate surface area is 134 Å². The van der Waals surface area contributed by atoms with Gasteiger partial charge < -0.3 is 11.1 Å². The molecule has 3 rings (SSSR count). The number of nitrogens with zero attached hydrogens (tertiary/aromatic N) is 2. The van der Waals surface area contributed by atoms with Crippen LogP contribution in [0.15, 0.2) is 48.5 Å². The van der Waals surface area contributed by atoms with Crippen LogP contribution in [0.3, 0.4) is 0 Å². The Hall–Kier alpha value is -2.95. The van der Waals surface area contributed by atoms with Crippen molar-refractivity contribution in [1.29, 1.82) is 0 Å². The lowest BCUT2D eigenvalue weighted by molar-refractivity contribution is 0.630. The number of anilines is 3. The third-order valence-corrected chi connectivity index (χ3v) is 3.64. The van der Waals surface area contributed by atoms with E-state index in [0.717, 1.165) is 5.69 Å². The van der Waals surface area contributed by atoms with E-state index in [1.165, 1.54) is 17.2 Å². The largest absolute Gasteiger partial charge is 0.384 e. The number of nitrogen functional groups attached to an aromatic ring is 1. The Bertz CT molecular complexity index is 861. The third-order valence-electron chi connectivity index (χ3n) is 3.64. The minimum atomic E-state index is -0.379. The minimum absolute atomic E-state index is 0.259. The van der Waals surface area contributed by atoms with Crippen molar-refractivity contribution >= 4 is 17.3 Å². The summed E-state index contributed by atoms with van der Waals surface area (Å²) in [5.41, 5.74) is 9.44. The van der Waals surface area contributed by atoms with Gasteiger partial charge in [0.05, 0.1) is 5.56 Å². The normalized spacial score (nSPS) is 10.6. The summed E-state index contributed by atoms with van der Waals surface area (Å²) in [6, 6.07) is 14.0. The maximum Gasteiger partial charge on any atom is 0.166 e. The molecule has 5 heteroatoms. The smallest absolute Gasteiger partial charge is 0.166 e. The van der Waals surface area contributed by atoms with Gasteiger partial charge >= 0.3 is 0 Å². The molecule has 116 valence electrons. The van der Waals surface area contributed by atoms with E-state index in [1.807, 2.05) is 25.1 Å². The van der Waals surface area contributed by atoms with Crippen molar-refractivity contribution < 1.29 is 4.39 Å². The summed E-state index contributed by atoms with van der Waals surface area (Å²) >= 11 is 0. The number of rotatable bonds is 3. The van der Waals surface area contributed by atoms with Gasteiger partial charge in [-0.25, -0.2) is 14.4 Å². The predicted octanol–water partition coefficient (Wildman–Crippen LogP) is 4.23. The van der Waals surface area contributed by atoms with E-state index in [-0.39, 0.29) is 17.5 Å². The van der Waals surface area contributed by atoms with Crippen LogP contribution in [0.1, 0.15) is 11.1 Å². The van der Waals surface area contributed by atoms with E-state index in [2.05, 4.69) is 22.2 Å². The first-order valence-electron chi connectivity index (χ1n) is 7.26. The molecular formula is C18H17FN4. The van der Waals surface area contributed by atoms with E-state index < -0.39 is 0 Å². The van der Waals surface area contributed by atoms with Crippen LogP contribution in [0.25, 0.3) is 11.4 Å². The second kappa shape index (κ2) is 6.04. The lowest BCUT2D eigenvalue weighted by Crippen LogP contribution is -2.02. The summed E-state index contributed by atoms with van der Waals surface area (Å²) in [5.74, 6) is 0.688. The predicted molar refractivity (Wildman–Crippen MR) is 91.0 cm³/mol. The molecular weight excluding hydrogens is 291 g/mol. The second-order valence-electron chi connectivity index (χ2n) is 5.41. The number of benzene rings is 2. The minimum Gasteiger partial charge on any atom is -0.384 e. The van der Waals surface area contributed by atoms with Crippen LogP contribution in [0, 0.1) is 19.7 Å². The molecule has 2 aromatic carbocycles. The molecule has 23 heavy (non-hydrogen) atoms. The average molecular weight is 308 g/mol. The molecule has 0 spiro atoms. The summed E-state index contributed by atoms with van der Waals surface area (Å²) in [7, 11) is 0. The van der Waals surface area contributed by atoms with Crippen LogP contribution in [0.5, 0.6) is 0 Å². The SMILES string of the molecule is Cc1ccc(Nc2cc(N)nc(-c3ccccc3F)n2)cc1C. The monoisotopic (exact) mass is 308 g/mol.